The van der Waals surface area contributed by atoms with Crippen LogP contribution >= 0.6 is 0 Å². The van der Waals surface area contributed by atoms with Crippen LogP contribution in [0.5, 0.6) is 0 Å². The van der Waals surface area contributed by atoms with Crippen LogP contribution in [0.4, 0.5) is 0 Å². The van der Waals surface area contributed by atoms with Gasteiger partial charge in [0.15, 0.2) is 0 Å². The fourth-order valence-electron chi connectivity index (χ4n) is 4.32. The summed E-state index contributed by atoms with van der Waals surface area (Å²) in [5, 5.41) is 5.78. The Morgan fingerprint density at radius 1 is 0.737 bits per heavy atom. The van der Waals surface area contributed by atoms with Crippen molar-refractivity contribution in [3.8, 4) is 0 Å². The van der Waals surface area contributed by atoms with E-state index in [0.29, 0.717) is 6.54 Å². The normalized spacial score (nSPS) is 11.5. The molecule has 0 aliphatic rings. The van der Waals surface area contributed by atoms with Crippen molar-refractivity contribution in [2.45, 2.75) is 103 Å². The van der Waals surface area contributed by atoms with Gasteiger partial charge in [0, 0.05) is 13.0 Å². The van der Waals surface area contributed by atoms with Crippen molar-refractivity contribution >= 4 is 17.8 Å². The van der Waals surface area contributed by atoms with Crippen molar-refractivity contribution in [3.63, 3.8) is 0 Å². The maximum absolute atomic E-state index is 12.9. The van der Waals surface area contributed by atoms with Gasteiger partial charge in [-0.1, -0.05) is 125 Å². The summed E-state index contributed by atoms with van der Waals surface area (Å²) >= 11 is 0. The topological polar surface area (TPSA) is 84.5 Å². The Kier molecular flexibility index (Phi) is 16.3. The largest absolute Gasteiger partial charge is 0.461 e. The molecule has 0 bridgehead atoms. The number of hydrogen-bond donors (Lipinski definition) is 2. The highest BCUT2D eigenvalue weighted by Crippen LogP contribution is 2.11. The van der Waals surface area contributed by atoms with E-state index in [1.54, 1.807) is 0 Å². The molecule has 208 valence electrons. The lowest BCUT2D eigenvalue weighted by Crippen LogP contribution is -2.47. The molecule has 2 rings (SSSR count). The Hall–Kier alpha value is -3.15. The van der Waals surface area contributed by atoms with E-state index in [4.69, 9.17) is 4.74 Å². The summed E-state index contributed by atoms with van der Waals surface area (Å²) < 4.78 is 5.35. The second kappa shape index (κ2) is 19.9. The van der Waals surface area contributed by atoms with Crippen molar-refractivity contribution in [3.05, 3.63) is 71.8 Å². The van der Waals surface area contributed by atoms with Gasteiger partial charge in [-0.25, -0.2) is 0 Å². The summed E-state index contributed by atoms with van der Waals surface area (Å²) in [4.78, 5) is 37.9. The third-order valence-corrected chi connectivity index (χ3v) is 6.57. The quantitative estimate of drug-likeness (QED) is 0.158. The summed E-state index contributed by atoms with van der Waals surface area (Å²) in [6, 6.07) is 18.1. The molecule has 0 aromatic heterocycles. The van der Waals surface area contributed by atoms with E-state index in [2.05, 4.69) is 17.6 Å². The molecular weight excluding hydrogens is 476 g/mol. The number of benzene rings is 2. The first-order chi connectivity index (χ1) is 18.6. The van der Waals surface area contributed by atoms with Gasteiger partial charge in [0.2, 0.25) is 11.8 Å². The van der Waals surface area contributed by atoms with E-state index in [0.717, 1.165) is 24.0 Å². The average molecular weight is 523 g/mol. The Morgan fingerprint density at radius 2 is 1.29 bits per heavy atom. The number of ether oxygens (including phenoxy) is 1. The van der Waals surface area contributed by atoms with E-state index in [9.17, 15) is 14.4 Å². The number of carbonyl (C=O) groups excluding carboxylic acids is 3. The van der Waals surface area contributed by atoms with Crippen LogP contribution in [0, 0.1) is 0 Å². The number of unbranched alkanes of at least 4 members (excludes halogenated alkanes) is 9. The van der Waals surface area contributed by atoms with Crippen LogP contribution < -0.4 is 10.6 Å². The lowest BCUT2D eigenvalue weighted by molar-refractivity contribution is -0.145. The third kappa shape index (κ3) is 14.6. The molecule has 1 unspecified atom stereocenters. The van der Waals surface area contributed by atoms with Crippen molar-refractivity contribution in [2.24, 2.45) is 0 Å². The van der Waals surface area contributed by atoms with Gasteiger partial charge in [0.1, 0.15) is 12.6 Å². The zero-order chi connectivity index (χ0) is 27.3. The molecule has 0 aliphatic carbocycles. The van der Waals surface area contributed by atoms with E-state index in [1.165, 1.54) is 51.4 Å². The summed E-state index contributed by atoms with van der Waals surface area (Å²) in [6.07, 6.45) is 12.7. The zero-order valence-corrected chi connectivity index (χ0v) is 23.1. The van der Waals surface area contributed by atoms with E-state index in [-0.39, 0.29) is 37.7 Å². The molecule has 2 N–H and O–H groups in total. The van der Waals surface area contributed by atoms with Crippen molar-refractivity contribution in [1.29, 1.82) is 0 Å². The molecule has 0 fully saturated rings. The Labute approximate surface area is 228 Å². The monoisotopic (exact) mass is 522 g/mol. The molecule has 6 heteroatoms. The maximum atomic E-state index is 12.9. The van der Waals surface area contributed by atoms with Crippen LogP contribution in [-0.4, -0.2) is 30.4 Å². The highest BCUT2D eigenvalue weighted by atomic mass is 16.5. The third-order valence-electron chi connectivity index (χ3n) is 6.57. The highest BCUT2D eigenvalue weighted by molar-refractivity contribution is 5.88. The van der Waals surface area contributed by atoms with Crippen LogP contribution in [0.3, 0.4) is 0 Å². The van der Waals surface area contributed by atoms with Crippen LogP contribution in [0.25, 0.3) is 0 Å². The first kappa shape index (κ1) is 31.1. The number of rotatable bonds is 20. The number of amides is 2. The second-order valence-electron chi connectivity index (χ2n) is 9.94. The molecule has 2 aromatic carbocycles. The van der Waals surface area contributed by atoms with Gasteiger partial charge in [0.25, 0.3) is 0 Å². The molecule has 2 amide bonds. The summed E-state index contributed by atoms with van der Waals surface area (Å²) in [5.41, 5.74) is 1.78. The number of hydrogen-bond acceptors (Lipinski definition) is 4. The predicted molar refractivity (Wildman–Crippen MR) is 152 cm³/mol. The van der Waals surface area contributed by atoms with Crippen LogP contribution in [0.2, 0.25) is 0 Å². The lowest BCUT2D eigenvalue weighted by atomic mass is 10.1. The van der Waals surface area contributed by atoms with Crippen LogP contribution in [0.1, 0.15) is 95.1 Å². The van der Waals surface area contributed by atoms with Gasteiger partial charge in [-0.2, -0.15) is 0 Å². The zero-order valence-electron chi connectivity index (χ0n) is 23.1. The first-order valence-corrected chi connectivity index (χ1v) is 14.4. The minimum atomic E-state index is -0.779. The predicted octanol–water partition coefficient (Wildman–Crippen LogP) is 6.27. The van der Waals surface area contributed by atoms with Gasteiger partial charge in [-0.05, 0) is 24.0 Å². The number of carbonyl (C=O) groups is 3. The van der Waals surface area contributed by atoms with Gasteiger partial charge >= 0.3 is 5.97 Å². The molecule has 0 spiro atoms. The lowest BCUT2D eigenvalue weighted by Gasteiger charge is -2.18. The molecule has 6 nitrogen and oxygen atoms in total. The Morgan fingerprint density at radius 3 is 1.89 bits per heavy atom. The van der Waals surface area contributed by atoms with Crippen molar-refractivity contribution in [2.75, 3.05) is 6.54 Å². The van der Waals surface area contributed by atoms with E-state index < -0.39 is 12.0 Å². The Bertz CT molecular complexity index is 918. The molecule has 0 radical (unpaired) electrons. The minimum Gasteiger partial charge on any atom is -0.461 e. The standard InChI is InChI=1S/C32H46N2O4/c1-2-3-4-5-6-7-8-9-10-17-24-33-32(37)29(34-30(35)25-27-18-13-11-14-19-27)22-23-31(36)38-26-28-20-15-12-16-21-28/h11-16,18-21,29H,2-10,17,22-26H2,1H3,(H,33,37)(H,34,35). The molecular formula is C32H46N2O4. The van der Waals surface area contributed by atoms with E-state index >= 15 is 0 Å². The molecule has 38 heavy (non-hydrogen) atoms. The SMILES string of the molecule is CCCCCCCCCCCCNC(=O)C(CCC(=O)OCc1ccccc1)NC(=O)Cc1ccccc1. The molecule has 1 atom stereocenters. The second-order valence-corrected chi connectivity index (χ2v) is 9.94. The molecule has 0 heterocycles. The van der Waals surface area contributed by atoms with Gasteiger partial charge in [0.05, 0.1) is 6.42 Å². The molecule has 2 aromatic rings. The van der Waals surface area contributed by atoms with Gasteiger partial charge in [-0.3, -0.25) is 14.4 Å². The Balaban J connectivity index is 1.73. The number of nitrogens with one attached hydrogen (secondary N) is 2. The smallest absolute Gasteiger partial charge is 0.306 e. The van der Waals surface area contributed by atoms with Crippen molar-refractivity contribution in [1.82, 2.24) is 10.6 Å². The van der Waals surface area contributed by atoms with Crippen molar-refractivity contribution < 1.29 is 19.1 Å². The fourth-order valence-corrected chi connectivity index (χ4v) is 4.32. The molecule has 0 saturated carbocycles. The highest BCUT2D eigenvalue weighted by Gasteiger charge is 2.22. The minimum absolute atomic E-state index is 0.0504. The maximum Gasteiger partial charge on any atom is 0.306 e. The van der Waals surface area contributed by atoms with Gasteiger partial charge < -0.3 is 15.4 Å². The summed E-state index contributed by atoms with van der Waals surface area (Å²) in [5.74, 6) is -0.884. The van der Waals surface area contributed by atoms with Crippen LogP contribution in [0.15, 0.2) is 60.7 Å². The summed E-state index contributed by atoms with van der Waals surface area (Å²) in [7, 11) is 0. The first-order valence-electron chi connectivity index (χ1n) is 14.4. The average Bonchev–Trinajstić information content (AvgIpc) is 2.93. The molecule has 0 saturated heterocycles. The fraction of sp³-hybridized carbons (Fsp3) is 0.531. The van der Waals surface area contributed by atoms with E-state index in [1.807, 2.05) is 60.7 Å². The number of esters is 1. The van der Waals surface area contributed by atoms with Gasteiger partial charge in [-0.15, -0.1) is 0 Å². The summed E-state index contributed by atoms with van der Waals surface area (Å²) in [6.45, 7) is 3.00. The van der Waals surface area contributed by atoms with Crippen LogP contribution in [-0.2, 0) is 32.1 Å². The molecule has 0 aliphatic heterocycles.